The van der Waals surface area contributed by atoms with Gasteiger partial charge in [-0.1, -0.05) is 56.3 Å². The lowest BCUT2D eigenvalue weighted by Crippen LogP contribution is -2.30. The van der Waals surface area contributed by atoms with Crippen molar-refractivity contribution < 1.29 is 27.5 Å². The summed E-state index contributed by atoms with van der Waals surface area (Å²) in [6.45, 7) is 5.93. The van der Waals surface area contributed by atoms with Crippen LogP contribution in [-0.2, 0) is 16.4 Å². The first kappa shape index (κ1) is 25.5. The Morgan fingerprint density at radius 1 is 0.946 bits per heavy atom. The van der Waals surface area contributed by atoms with Crippen molar-refractivity contribution >= 4 is 5.97 Å². The standard InChI is InChI=1S/C30H29F4NO2/c1-28(2)16-17-35(18-28)26(20-8-12-22(31)13-9-20)23-4-3-5-24(29(14-15-29)27(36)37)25(23)19-6-10-21(11-7-19)30(32,33)34/h3-13,26H,14-18H2,1-2H3,(H,36,37). The molecule has 0 spiro atoms. The smallest absolute Gasteiger partial charge is 0.416 e. The van der Waals surface area contributed by atoms with Crippen molar-refractivity contribution in [3.63, 3.8) is 0 Å². The Kier molecular flexibility index (Phi) is 6.18. The van der Waals surface area contributed by atoms with E-state index in [2.05, 4.69) is 18.7 Å². The fourth-order valence-corrected chi connectivity index (χ4v) is 5.67. The van der Waals surface area contributed by atoms with Crippen LogP contribution in [-0.4, -0.2) is 29.1 Å². The van der Waals surface area contributed by atoms with Crippen molar-refractivity contribution in [2.75, 3.05) is 13.1 Å². The molecule has 1 unspecified atom stereocenters. The molecule has 3 aromatic rings. The summed E-state index contributed by atoms with van der Waals surface area (Å²) in [5, 5.41) is 10.1. The molecule has 3 nitrogen and oxygen atoms in total. The summed E-state index contributed by atoms with van der Waals surface area (Å²) in [4.78, 5) is 14.7. The molecule has 1 aliphatic heterocycles. The van der Waals surface area contributed by atoms with Gasteiger partial charge in [0.15, 0.2) is 0 Å². The van der Waals surface area contributed by atoms with Crippen molar-refractivity contribution in [1.29, 1.82) is 0 Å². The van der Waals surface area contributed by atoms with Crippen LogP contribution in [0, 0.1) is 11.2 Å². The van der Waals surface area contributed by atoms with Crippen LogP contribution < -0.4 is 0 Å². The van der Waals surface area contributed by atoms with E-state index in [9.17, 15) is 27.5 Å². The zero-order valence-electron chi connectivity index (χ0n) is 20.8. The van der Waals surface area contributed by atoms with Crippen molar-refractivity contribution in [1.82, 2.24) is 4.90 Å². The Bertz CT molecular complexity index is 1310. The molecule has 0 amide bonds. The van der Waals surface area contributed by atoms with Crippen LogP contribution >= 0.6 is 0 Å². The molecule has 5 rings (SSSR count). The van der Waals surface area contributed by atoms with Crippen LogP contribution in [0.15, 0.2) is 66.7 Å². The summed E-state index contributed by atoms with van der Waals surface area (Å²) in [6, 6.07) is 16.5. The molecule has 1 saturated carbocycles. The fourth-order valence-electron chi connectivity index (χ4n) is 5.67. The zero-order chi connectivity index (χ0) is 26.6. The SMILES string of the molecule is CC1(C)CCN(C(c2ccc(F)cc2)c2cccc(C3(C(=O)O)CC3)c2-c2ccc(C(F)(F)F)cc2)C1. The second-order valence-corrected chi connectivity index (χ2v) is 11.1. The van der Waals surface area contributed by atoms with E-state index in [1.165, 1.54) is 24.3 Å². The second kappa shape index (κ2) is 8.98. The first-order chi connectivity index (χ1) is 17.4. The third-order valence-electron chi connectivity index (χ3n) is 7.82. The van der Waals surface area contributed by atoms with Gasteiger partial charge in [0.1, 0.15) is 5.82 Å². The number of halogens is 4. The van der Waals surface area contributed by atoms with E-state index in [1.54, 1.807) is 18.2 Å². The third-order valence-corrected chi connectivity index (χ3v) is 7.82. The Balaban J connectivity index is 1.74. The molecular weight excluding hydrogens is 482 g/mol. The summed E-state index contributed by atoms with van der Waals surface area (Å²) >= 11 is 0. The number of nitrogens with zero attached hydrogens (tertiary/aromatic N) is 1. The van der Waals surface area contributed by atoms with Gasteiger partial charge < -0.3 is 5.11 Å². The molecule has 1 saturated heterocycles. The summed E-state index contributed by atoms with van der Waals surface area (Å²) < 4.78 is 53.9. The molecular formula is C30H29F4NO2. The predicted molar refractivity (Wildman–Crippen MR) is 134 cm³/mol. The lowest BCUT2D eigenvalue weighted by molar-refractivity contribution is -0.140. The largest absolute Gasteiger partial charge is 0.481 e. The first-order valence-electron chi connectivity index (χ1n) is 12.5. The van der Waals surface area contributed by atoms with E-state index >= 15 is 0 Å². The summed E-state index contributed by atoms with van der Waals surface area (Å²) in [7, 11) is 0. The number of carbonyl (C=O) groups is 1. The van der Waals surface area contributed by atoms with Gasteiger partial charge in [0, 0.05) is 6.54 Å². The van der Waals surface area contributed by atoms with Gasteiger partial charge in [-0.15, -0.1) is 0 Å². The molecule has 194 valence electrons. The van der Waals surface area contributed by atoms with Crippen LogP contribution in [0.3, 0.4) is 0 Å². The van der Waals surface area contributed by atoms with E-state index in [-0.39, 0.29) is 17.3 Å². The number of hydrogen-bond acceptors (Lipinski definition) is 2. The maximum absolute atomic E-state index is 13.9. The van der Waals surface area contributed by atoms with Gasteiger partial charge in [-0.2, -0.15) is 13.2 Å². The van der Waals surface area contributed by atoms with E-state index in [0.717, 1.165) is 42.8 Å². The monoisotopic (exact) mass is 511 g/mol. The number of hydrogen-bond donors (Lipinski definition) is 1. The van der Waals surface area contributed by atoms with Crippen LogP contribution in [0.25, 0.3) is 11.1 Å². The van der Waals surface area contributed by atoms with E-state index in [0.29, 0.717) is 29.5 Å². The molecule has 2 aliphatic rings. The lowest BCUT2D eigenvalue weighted by Gasteiger charge is -2.33. The molecule has 0 bridgehead atoms. The Labute approximate surface area is 213 Å². The molecule has 37 heavy (non-hydrogen) atoms. The highest BCUT2D eigenvalue weighted by atomic mass is 19.4. The number of alkyl halides is 3. The maximum atomic E-state index is 13.9. The molecule has 1 aliphatic carbocycles. The van der Waals surface area contributed by atoms with Crippen LogP contribution in [0.2, 0.25) is 0 Å². The Morgan fingerprint density at radius 3 is 2.11 bits per heavy atom. The lowest BCUT2D eigenvalue weighted by atomic mass is 9.81. The number of likely N-dealkylation sites (tertiary alicyclic amines) is 1. The van der Waals surface area contributed by atoms with Gasteiger partial charge in [0.05, 0.1) is 17.0 Å². The van der Waals surface area contributed by atoms with Crippen molar-refractivity contribution in [3.8, 4) is 11.1 Å². The molecule has 7 heteroatoms. The van der Waals surface area contributed by atoms with Crippen molar-refractivity contribution in [3.05, 3.63) is 94.8 Å². The quantitative estimate of drug-likeness (QED) is 0.350. The average Bonchev–Trinajstić information content (AvgIpc) is 3.58. The van der Waals surface area contributed by atoms with Crippen LogP contribution in [0.4, 0.5) is 17.6 Å². The zero-order valence-corrected chi connectivity index (χ0v) is 20.8. The van der Waals surface area contributed by atoms with Crippen molar-refractivity contribution in [2.24, 2.45) is 5.41 Å². The van der Waals surface area contributed by atoms with Gasteiger partial charge in [0.2, 0.25) is 0 Å². The summed E-state index contributed by atoms with van der Waals surface area (Å²) in [5.41, 5.74) is 1.70. The maximum Gasteiger partial charge on any atom is 0.416 e. The van der Waals surface area contributed by atoms with Gasteiger partial charge in [-0.25, -0.2) is 4.39 Å². The Morgan fingerprint density at radius 2 is 1.59 bits per heavy atom. The Hall–Kier alpha value is -3.19. The number of aliphatic carboxylic acids is 1. The molecule has 0 aromatic heterocycles. The highest BCUT2D eigenvalue weighted by Gasteiger charge is 2.53. The molecule has 2 fully saturated rings. The van der Waals surface area contributed by atoms with Crippen LogP contribution in [0.1, 0.15) is 61.4 Å². The average molecular weight is 512 g/mol. The minimum Gasteiger partial charge on any atom is -0.481 e. The second-order valence-electron chi connectivity index (χ2n) is 11.1. The summed E-state index contributed by atoms with van der Waals surface area (Å²) in [6.07, 6.45) is -2.58. The van der Waals surface area contributed by atoms with Crippen LogP contribution in [0.5, 0.6) is 0 Å². The van der Waals surface area contributed by atoms with Gasteiger partial charge >= 0.3 is 12.1 Å². The minimum absolute atomic E-state index is 0.0587. The van der Waals surface area contributed by atoms with Gasteiger partial charge in [0.25, 0.3) is 0 Å². The molecule has 1 N–H and O–H groups in total. The van der Waals surface area contributed by atoms with E-state index in [4.69, 9.17) is 0 Å². The highest BCUT2D eigenvalue weighted by molar-refractivity contribution is 5.89. The fraction of sp³-hybridized carbons (Fsp3) is 0.367. The van der Waals surface area contributed by atoms with E-state index in [1.807, 2.05) is 12.1 Å². The number of rotatable bonds is 6. The normalized spacial score (nSPS) is 19.5. The number of carboxylic acid groups (broad SMARTS) is 1. The topological polar surface area (TPSA) is 40.5 Å². The molecule has 1 heterocycles. The number of carboxylic acids is 1. The molecule has 1 atom stereocenters. The molecule has 3 aromatic carbocycles. The first-order valence-corrected chi connectivity index (χ1v) is 12.5. The third kappa shape index (κ3) is 4.77. The van der Waals surface area contributed by atoms with Crippen molar-refractivity contribution in [2.45, 2.75) is 50.7 Å². The molecule has 0 radical (unpaired) electrons. The minimum atomic E-state index is -4.47. The summed E-state index contributed by atoms with van der Waals surface area (Å²) in [5.74, 6) is -1.29. The van der Waals surface area contributed by atoms with Gasteiger partial charge in [-0.05, 0) is 83.3 Å². The number of benzene rings is 3. The highest BCUT2D eigenvalue weighted by Crippen LogP contribution is 2.54. The van der Waals surface area contributed by atoms with Gasteiger partial charge in [-0.3, -0.25) is 9.69 Å². The predicted octanol–water partition coefficient (Wildman–Crippen LogP) is 7.45. The van der Waals surface area contributed by atoms with E-state index < -0.39 is 23.1 Å².